The highest BCUT2D eigenvalue weighted by atomic mass is 16.4. The fourth-order valence-electron chi connectivity index (χ4n) is 1.93. The molecule has 1 aromatic carbocycles. The molecule has 0 aliphatic heterocycles. The van der Waals surface area contributed by atoms with Crippen LogP contribution in [-0.4, -0.2) is 28.8 Å². The highest BCUT2D eigenvalue weighted by Gasteiger charge is 2.11. The Kier molecular flexibility index (Phi) is 4.92. The normalized spacial score (nSPS) is 12.2. The van der Waals surface area contributed by atoms with Gasteiger partial charge in [-0.1, -0.05) is 30.3 Å². The minimum Gasteiger partial charge on any atom is -0.478 e. The minimum absolute atomic E-state index is 0.00138. The van der Waals surface area contributed by atoms with Crippen LogP contribution in [0.4, 0.5) is 0 Å². The molecule has 2 aromatic rings. The number of benzene rings is 1. The molecule has 0 spiro atoms. The summed E-state index contributed by atoms with van der Waals surface area (Å²) in [4.78, 5) is 10.7. The van der Waals surface area contributed by atoms with E-state index in [4.69, 9.17) is 9.52 Å². The first kappa shape index (κ1) is 14.3. The van der Waals surface area contributed by atoms with Gasteiger partial charge < -0.3 is 19.9 Å². The maximum atomic E-state index is 10.7. The van der Waals surface area contributed by atoms with Gasteiger partial charge in [-0.05, 0) is 18.1 Å². The second-order valence-corrected chi connectivity index (χ2v) is 4.56. The van der Waals surface area contributed by atoms with Gasteiger partial charge in [-0.15, -0.1) is 0 Å². The molecule has 0 unspecified atom stereocenters. The number of aromatic carboxylic acids is 1. The maximum Gasteiger partial charge on any atom is 0.338 e. The van der Waals surface area contributed by atoms with Gasteiger partial charge in [0.1, 0.15) is 12.0 Å². The minimum atomic E-state index is -1.01. The number of aliphatic hydroxyl groups is 1. The van der Waals surface area contributed by atoms with E-state index in [9.17, 15) is 9.90 Å². The van der Waals surface area contributed by atoms with E-state index in [1.165, 1.54) is 12.3 Å². The van der Waals surface area contributed by atoms with Gasteiger partial charge in [0.15, 0.2) is 0 Å². The molecule has 0 bridgehead atoms. The Morgan fingerprint density at radius 1 is 1.30 bits per heavy atom. The van der Waals surface area contributed by atoms with Crippen LogP contribution >= 0.6 is 0 Å². The number of carbonyl (C=O) groups is 1. The summed E-state index contributed by atoms with van der Waals surface area (Å²) in [6.07, 6.45) is 1.91. The van der Waals surface area contributed by atoms with Gasteiger partial charge in [-0.25, -0.2) is 4.79 Å². The lowest BCUT2D eigenvalue weighted by Crippen LogP contribution is -2.33. The molecule has 0 aliphatic carbocycles. The molecular weight excluding hydrogens is 258 g/mol. The van der Waals surface area contributed by atoms with Crippen molar-refractivity contribution in [3.63, 3.8) is 0 Å². The van der Waals surface area contributed by atoms with E-state index in [0.29, 0.717) is 18.7 Å². The molecule has 1 heterocycles. The Labute approximate surface area is 116 Å². The van der Waals surface area contributed by atoms with Crippen LogP contribution in [0.3, 0.4) is 0 Å². The van der Waals surface area contributed by atoms with E-state index in [1.54, 1.807) is 0 Å². The fraction of sp³-hybridized carbons (Fsp3) is 0.267. The van der Waals surface area contributed by atoms with Crippen LogP contribution < -0.4 is 5.32 Å². The molecule has 1 aromatic heterocycles. The van der Waals surface area contributed by atoms with Crippen LogP contribution in [0.15, 0.2) is 47.1 Å². The SMILES string of the molecule is O=C(O)c1coc(CN[C@H](CO)Cc2ccccc2)c1. The maximum absolute atomic E-state index is 10.7. The smallest absolute Gasteiger partial charge is 0.338 e. The van der Waals surface area contributed by atoms with Crippen LogP contribution in [0.2, 0.25) is 0 Å². The van der Waals surface area contributed by atoms with Crippen molar-refractivity contribution in [2.75, 3.05) is 6.61 Å². The van der Waals surface area contributed by atoms with Crippen molar-refractivity contribution in [3.8, 4) is 0 Å². The Hall–Kier alpha value is -2.11. The first-order chi connectivity index (χ1) is 9.69. The Morgan fingerprint density at radius 3 is 2.65 bits per heavy atom. The van der Waals surface area contributed by atoms with Crippen molar-refractivity contribution in [2.24, 2.45) is 0 Å². The number of hydrogen-bond donors (Lipinski definition) is 3. The van der Waals surface area contributed by atoms with E-state index in [1.807, 2.05) is 30.3 Å². The van der Waals surface area contributed by atoms with Crippen LogP contribution in [0, 0.1) is 0 Å². The molecular formula is C15H17NO4. The van der Waals surface area contributed by atoms with Gasteiger partial charge in [0, 0.05) is 6.04 Å². The molecule has 0 saturated carbocycles. The van der Waals surface area contributed by atoms with Crippen molar-refractivity contribution in [2.45, 2.75) is 19.0 Å². The van der Waals surface area contributed by atoms with E-state index >= 15 is 0 Å². The largest absolute Gasteiger partial charge is 0.478 e. The van der Waals surface area contributed by atoms with Gasteiger partial charge in [0.25, 0.3) is 0 Å². The quantitative estimate of drug-likeness (QED) is 0.716. The highest BCUT2D eigenvalue weighted by Crippen LogP contribution is 2.09. The van der Waals surface area contributed by atoms with Crippen molar-refractivity contribution < 1.29 is 19.4 Å². The van der Waals surface area contributed by atoms with Gasteiger partial charge >= 0.3 is 5.97 Å². The molecule has 0 saturated heterocycles. The van der Waals surface area contributed by atoms with Crippen molar-refractivity contribution >= 4 is 5.97 Å². The lowest BCUT2D eigenvalue weighted by Gasteiger charge is -2.15. The lowest BCUT2D eigenvalue weighted by molar-refractivity contribution is 0.0696. The van der Waals surface area contributed by atoms with Crippen LogP contribution in [0.25, 0.3) is 0 Å². The summed E-state index contributed by atoms with van der Waals surface area (Å²) in [7, 11) is 0. The average Bonchev–Trinajstić information content (AvgIpc) is 2.93. The summed E-state index contributed by atoms with van der Waals surface area (Å²) in [5.74, 6) is -0.475. The van der Waals surface area contributed by atoms with Gasteiger partial charge in [-0.2, -0.15) is 0 Å². The number of aliphatic hydroxyl groups excluding tert-OH is 1. The molecule has 20 heavy (non-hydrogen) atoms. The molecule has 1 atom stereocenters. The van der Waals surface area contributed by atoms with Gasteiger partial charge in [-0.3, -0.25) is 0 Å². The first-order valence-electron chi connectivity index (χ1n) is 6.38. The highest BCUT2D eigenvalue weighted by molar-refractivity contribution is 5.87. The fourth-order valence-corrected chi connectivity index (χ4v) is 1.93. The van der Waals surface area contributed by atoms with Crippen molar-refractivity contribution in [1.82, 2.24) is 5.32 Å². The lowest BCUT2D eigenvalue weighted by atomic mass is 10.1. The molecule has 3 N–H and O–H groups in total. The Balaban J connectivity index is 1.88. The zero-order valence-corrected chi connectivity index (χ0v) is 11.0. The third kappa shape index (κ3) is 3.94. The Bertz CT molecular complexity index is 550. The molecule has 0 fully saturated rings. The number of rotatable bonds is 7. The van der Waals surface area contributed by atoms with Gasteiger partial charge in [0.05, 0.1) is 18.7 Å². The topological polar surface area (TPSA) is 82.7 Å². The monoisotopic (exact) mass is 275 g/mol. The standard InChI is InChI=1S/C15H17NO4/c17-9-13(6-11-4-2-1-3-5-11)16-8-14-7-12(10-20-14)15(18)19/h1-5,7,10,13,16-17H,6,8-9H2,(H,18,19)/t13-/m0/s1. The molecule has 0 aliphatic rings. The average molecular weight is 275 g/mol. The summed E-state index contributed by atoms with van der Waals surface area (Å²) in [6.45, 7) is 0.382. The predicted molar refractivity (Wildman–Crippen MR) is 73.5 cm³/mol. The zero-order chi connectivity index (χ0) is 14.4. The van der Waals surface area contributed by atoms with Gasteiger partial charge in [0.2, 0.25) is 0 Å². The second-order valence-electron chi connectivity index (χ2n) is 4.56. The molecule has 0 radical (unpaired) electrons. The van der Waals surface area contributed by atoms with Crippen LogP contribution in [0.1, 0.15) is 21.7 Å². The van der Waals surface area contributed by atoms with E-state index in [2.05, 4.69) is 5.32 Å². The van der Waals surface area contributed by atoms with E-state index < -0.39 is 5.97 Å². The Morgan fingerprint density at radius 2 is 2.05 bits per heavy atom. The first-order valence-corrected chi connectivity index (χ1v) is 6.38. The summed E-state index contributed by atoms with van der Waals surface area (Å²) >= 11 is 0. The van der Waals surface area contributed by atoms with Crippen LogP contribution in [0.5, 0.6) is 0 Å². The summed E-state index contributed by atoms with van der Waals surface area (Å²) < 4.78 is 5.15. The summed E-state index contributed by atoms with van der Waals surface area (Å²) in [5.41, 5.74) is 1.26. The molecule has 5 nitrogen and oxygen atoms in total. The summed E-state index contributed by atoms with van der Waals surface area (Å²) in [5, 5.41) is 21.3. The summed E-state index contributed by atoms with van der Waals surface area (Å²) in [6, 6.07) is 11.2. The number of nitrogens with one attached hydrogen (secondary N) is 1. The predicted octanol–water partition coefficient (Wildman–Crippen LogP) is 1.67. The number of furan rings is 1. The third-order valence-electron chi connectivity index (χ3n) is 3.01. The molecule has 106 valence electrons. The van der Waals surface area contributed by atoms with Crippen molar-refractivity contribution in [1.29, 1.82) is 0 Å². The van der Waals surface area contributed by atoms with Crippen LogP contribution in [-0.2, 0) is 13.0 Å². The molecule has 0 amide bonds. The van der Waals surface area contributed by atoms with Crippen molar-refractivity contribution in [3.05, 3.63) is 59.5 Å². The number of carboxylic acid groups (broad SMARTS) is 1. The van der Waals surface area contributed by atoms with E-state index in [0.717, 1.165) is 5.56 Å². The number of carboxylic acids is 1. The zero-order valence-electron chi connectivity index (χ0n) is 11.0. The third-order valence-corrected chi connectivity index (χ3v) is 3.01. The van der Waals surface area contributed by atoms with E-state index in [-0.39, 0.29) is 18.2 Å². The molecule has 5 heteroatoms. The second kappa shape index (κ2) is 6.88. The molecule has 2 rings (SSSR count). The number of hydrogen-bond acceptors (Lipinski definition) is 4.